The zero-order chi connectivity index (χ0) is 46.7. The van der Waals surface area contributed by atoms with Crippen molar-refractivity contribution in [1.29, 1.82) is 0 Å². The van der Waals surface area contributed by atoms with Crippen molar-refractivity contribution in [3.63, 3.8) is 0 Å². The number of amidine groups is 2. The van der Waals surface area contributed by atoms with Gasteiger partial charge in [0.25, 0.3) is 0 Å². The first-order valence-corrected chi connectivity index (χ1v) is 26.0. The Balaban J connectivity index is 0.857. The van der Waals surface area contributed by atoms with Crippen molar-refractivity contribution in [3.05, 3.63) is 217 Å². The molecule has 0 atom stereocenters. The van der Waals surface area contributed by atoms with Gasteiger partial charge in [-0.05, 0) is 94.5 Å². The van der Waals surface area contributed by atoms with Crippen molar-refractivity contribution in [2.45, 2.75) is 6.54 Å². The molecule has 15 rings (SSSR count). The molecule has 5 nitrogen and oxygen atoms in total. The van der Waals surface area contributed by atoms with Crippen LogP contribution in [0.4, 0.5) is 0 Å². The highest BCUT2D eigenvalue weighted by molar-refractivity contribution is 7.26. The molecular formula is C63H37N3O2S3. The third-order valence-corrected chi connectivity index (χ3v) is 17.4. The lowest BCUT2D eigenvalue weighted by molar-refractivity contribution is 0.668. The third-order valence-electron chi connectivity index (χ3n) is 14.0. The van der Waals surface area contributed by atoms with Crippen LogP contribution in [-0.4, -0.2) is 11.7 Å². The van der Waals surface area contributed by atoms with Gasteiger partial charge in [0.1, 0.15) is 28.2 Å². The van der Waals surface area contributed by atoms with Gasteiger partial charge in [-0.3, -0.25) is 4.99 Å². The topological polar surface area (TPSA) is 77.0 Å². The minimum Gasteiger partial charge on any atom is -0.456 e. The molecule has 10 aromatic carbocycles. The average Bonchev–Trinajstić information content (AvgIpc) is 4.25. The van der Waals surface area contributed by atoms with E-state index in [0.29, 0.717) is 18.2 Å². The molecule has 2 N–H and O–H groups in total. The van der Waals surface area contributed by atoms with E-state index in [1.807, 2.05) is 23.5 Å². The van der Waals surface area contributed by atoms with E-state index in [2.05, 4.69) is 188 Å². The van der Waals surface area contributed by atoms with Gasteiger partial charge in [-0.25, -0.2) is 4.99 Å². The Morgan fingerprint density at radius 3 is 1.49 bits per heavy atom. The van der Waals surface area contributed by atoms with Crippen LogP contribution in [0.2, 0.25) is 0 Å². The molecule has 0 radical (unpaired) electrons. The normalized spacial score (nSPS) is 12.8. The van der Waals surface area contributed by atoms with Crippen LogP contribution < -0.4 is 5.73 Å². The van der Waals surface area contributed by atoms with Crippen LogP contribution in [-0.2, 0) is 6.54 Å². The molecule has 15 aromatic rings. The summed E-state index contributed by atoms with van der Waals surface area (Å²) in [6.07, 6.45) is 0. The Morgan fingerprint density at radius 2 is 0.859 bits per heavy atom. The van der Waals surface area contributed by atoms with Crippen LogP contribution in [0.25, 0.3) is 127 Å². The molecule has 334 valence electrons. The predicted octanol–water partition coefficient (Wildman–Crippen LogP) is 18.3. The van der Waals surface area contributed by atoms with Gasteiger partial charge in [-0.15, -0.1) is 34.0 Å². The van der Waals surface area contributed by atoms with Gasteiger partial charge in [0.2, 0.25) is 0 Å². The molecule has 5 heterocycles. The number of thiophene rings is 3. The molecule has 8 heteroatoms. The lowest BCUT2D eigenvalue weighted by Gasteiger charge is -2.08. The third kappa shape index (κ3) is 6.49. The Morgan fingerprint density at radius 1 is 0.380 bits per heavy atom. The fourth-order valence-corrected chi connectivity index (χ4v) is 14.2. The summed E-state index contributed by atoms with van der Waals surface area (Å²) >= 11 is 5.39. The van der Waals surface area contributed by atoms with Crippen LogP contribution in [0.1, 0.15) is 16.7 Å². The minimum atomic E-state index is 0.359. The Kier molecular flexibility index (Phi) is 9.02. The van der Waals surface area contributed by atoms with E-state index in [0.717, 1.165) is 77.3 Å². The molecule has 5 aromatic heterocycles. The van der Waals surface area contributed by atoms with Crippen molar-refractivity contribution in [1.82, 2.24) is 0 Å². The van der Waals surface area contributed by atoms with Crippen LogP contribution in [0, 0.1) is 0 Å². The number of nitrogens with zero attached hydrogens (tertiary/aromatic N) is 2. The minimum absolute atomic E-state index is 0.359. The van der Waals surface area contributed by atoms with Crippen molar-refractivity contribution < 1.29 is 8.83 Å². The maximum atomic E-state index is 6.98. The number of nitrogens with two attached hydrogens (primary N) is 1. The summed E-state index contributed by atoms with van der Waals surface area (Å²) in [6.45, 7) is 0.359. The average molecular weight is 964 g/mol. The van der Waals surface area contributed by atoms with Crippen molar-refractivity contribution in [2.75, 3.05) is 0 Å². The molecule has 0 saturated heterocycles. The van der Waals surface area contributed by atoms with Crippen molar-refractivity contribution >= 4 is 150 Å². The van der Waals surface area contributed by atoms with Crippen LogP contribution in [0.5, 0.6) is 0 Å². The van der Waals surface area contributed by atoms with Gasteiger partial charge in [0.05, 0.1) is 6.54 Å². The highest BCUT2D eigenvalue weighted by atomic mass is 32.1. The van der Waals surface area contributed by atoms with Crippen molar-refractivity contribution in [2.24, 2.45) is 15.7 Å². The van der Waals surface area contributed by atoms with Crippen LogP contribution >= 0.6 is 34.0 Å². The molecule has 0 unspecified atom stereocenters. The molecule has 0 bridgehead atoms. The summed E-state index contributed by atoms with van der Waals surface area (Å²) < 4.78 is 20.7. The molecular weight excluding hydrogens is 927 g/mol. The smallest absolute Gasteiger partial charge is 0.157 e. The van der Waals surface area contributed by atoms with Gasteiger partial charge in [0, 0.05) is 93.2 Å². The van der Waals surface area contributed by atoms with Gasteiger partial charge < -0.3 is 14.6 Å². The second-order valence-corrected chi connectivity index (χ2v) is 21.4. The summed E-state index contributed by atoms with van der Waals surface area (Å²) in [5.41, 5.74) is 17.6. The molecule has 0 spiro atoms. The Hall–Kier alpha value is -8.40. The lowest BCUT2D eigenvalue weighted by Crippen LogP contribution is -2.16. The van der Waals surface area contributed by atoms with E-state index in [1.54, 1.807) is 22.7 Å². The van der Waals surface area contributed by atoms with Gasteiger partial charge in [0.15, 0.2) is 5.84 Å². The van der Waals surface area contributed by atoms with E-state index in [1.165, 1.54) is 66.1 Å². The summed E-state index contributed by atoms with van der Waals surface area (Å²) in [6, 6.07) is 71.0. The van der Waals surface area contributed by atoms with Crippen LogP contribution in [0.15, 0.2) is 219 Å². The highest BCUT2D eigenvalue weighted by Crippen LogP contribution is 2.45. The van der Waals surface area contributed by atoms with E-state index in [4.69, 9.17) is 24.6 Å². The molecule has 0 fully saturated rings. The number of benzene rings is 10. The molecule has 0 aliphatic heterocycles. The SMILES string of the molecule is NC(=NC(=NCc1cccc2oc3ccc(-c4cccc5oc6cccc(-c7ccc8c(c7)sc7ccccc78)c6c45)cc3c12)c1ccc2c(c1)sc1ccccc12)c1ccc2c(c1)sc1ccccc12. The Bertz CT molecular complexity index is 4770. The first-order valence-electron chi connectivity index (χ1n) is 23.6. The summed E-state index contributed by atoms with van der Waals surface area (Å²) in [5.74, 6) is 0.991. The van der Waals surface area contributed by atoms with Gasteiger partial charge in [-0.1, -0.05) is 133 Å². The second kappa shape index (κ2) is 15.8. The fourth-order valence-electron chi connectivity index (χ4n) is 10.7. The number of furan rings is 2. The highest BCUT2D eigenvalue weighted by Gasteiger charge is 2.20. The van der Waals surface area contributed by atoms with Gasteiger partial charge >= 0.3 is 0 Å². The lowest BCUT2D eigenvalue weighted by atomic mass is 9.93. The molecule has 71 heavy (non-hydrogen) atoms. The predicted molar refractivity (Wildman–Crippen MR) is 304 cm³/mol. The first kappa shape index (κ1) is 40.5. The molecule has 0 aliphatic carbocycles. The summed E-state index contributed by atoms with van der Waals surface area (Å²) in [5, 5.41) is 11.8. The quantitative estimate of drug-likeness (QED) is 0.133. The van der Waals surface area contributed by atoms with E-state index in [9.17, 15) is 0 Å². The summed E-state index contributed by atoms with van der Waals surface area (Å²) in [4.78, 5) is 10.5. The van der Waals surface area contributed by atoms with Crippen LogP contribution in [0.3, 0.4) is 0 Å². The number of hydrogen-bond donors (Lipinski definition) is 1. The monoisotopic (exact) mass is 963 g/mol. The van der Waals surface area contributed by atoms with E-state index >= 15 is 0 Å². The van der Waals surface area contributed by atoms with Crippen molar-refractivity contribution in [3.8, 4) is 22.3 Å². The zero-order valence-corrected chi connectivity index (χ0v) is 40.2. The number of fused-ring (bicyclic) bond motifs is 15. The fraction of sp³-hybridized carbons (Fsp3) is 0.0159. The maximum Gasteiger partial charge on any atom is 0.157 e. The zero-order valence-electron chi connectivity index (χ0n) is 37.8. The number of hydrogen-bond acceptors (Lipinski definition) is 6. The van der Waals surface area contributed by atoms with E-state index < -0.39 is 0 Å². The first-order chi connectivity index (χ1) is 35.1. The Labute approximate surface area is 417 Å². The molecule has 0 amide bonds. The number of aliphatic imine (C=N–C) groups is 2. The molecule has 0 saturated carbocycles. The standard InChI is InChI=1S/C63H37N3O2S3/c64-62(37-23-27-46-43-12-2-5-20-54(43)70-57(46)32-37)66-63(38-24-28-47-44-13-3-6-21-55(44)71-58(47)33-38)65-34-39-10-7-16-50-59(39)48-30-35(25-29-49(48)67-50)40-14-8-17-51-60(40)61-41(15-9-18-52(61)68-51)36-22-26-45-42-11-1-4-19-53(42)69-56(45)31-36/h1-33H,34H2,(H2,64,65,66). The number of rotatable bonds is 6. The second-order valence-electron chi connectivity index (χ2n) is 18.1. The van der Waals surface area contributed by atoms with Gasteiger partial charge in [-0.2, -0.15) is 0 Å². The van der Waals surface area contributed by atoms with E-state index in [-0.39, 0.29) is 0 Å². The maximum absolute atomic E-state index is 6.98. The summed E-state index contributed by atoms with van der Waals surface area (Å²) in [7, 11) is 0. The molecule has 0 aliphatic rings. The largest absolute Gasteiger partial charge is 0.456 e.